The Hall–Kier alpha value is -0.900. The van der Waals surface area contributed by atoms with Crippen LogP contribution in [-0.2, 0) is 9.59 Å². The van der Waals surface area contributed by atoms with E-state index in [0.29, 0.717) is 13.1 Å². The average Bonchev–Trinajstić information content (AvgIpc) is 2.35. The molecule has 0 aromatic heterocycles. The molecule has 1 aliphatic heterocycles. The maximum Gasteiger partial charge on any atom is 0.232 e. The number of rotatable bonds is 4. The molecule has 0 aromatic rings. The summed E-state index contributed by atoms with van der Waals surface area (Å²) in [6.07, 6.45) is 1.67. The van der Waals surface area contributed by atoms with E-state index in [0.717, 1.165) is 12.8 Å². The number of nitrogens with two attached hydrogens (primary N) is 1. The Morgan fingerprint density at radius 3 is 2.07 bits per heavy atom. The number of hydrogen-bond acceptors (Lipinski definition) is 3. The summed E-state index contributed by atoms with van der Waals surface area (Å²) in [5.74, 6) is -0.361. The van der Waals surface area contributed by atoms with Crippen molar-refractivity contribution < 1.29 is 9.59 Å². The molecule has 0 bridgehead atoms. The number of likely N-dealkylation sites (tertiary alicyclic amines) is 1. The van der Waals surface area contributed by atoms with E-state index < -0.39 is 0 Å². The van der Waals surface area contributed by atoms with Gasteiger partial charge >= 0.3 is 0 Å². The Labute approximate surface area is 84.4 Å². The van der Waals surface area contributed by atoms with Crippen LogP contribution in [0.2, 0.25) is 0 Å². The maximum absolute atomic E-state index is 11.6. The normalized spacial score (nSPS) is 27.5. The van der Waals surface area contributed by atoms with Crippen LogP contribution in [0.5, 0.6) is 0 Å². The van der Waals surface area contributed by atoms with E-state index in [2.05, 4.69) is 0 Å². The lowest BCUT2D eigenvalue weighted by molar-refractivity contribution is -0.139. The van der Waals surface area contributed by atoms with Gasteiger partial charge < -0.3 is 5.73 Å². The first-order valence-corrected chi connectivity index (χ1v) is 5.15. The third-order valence-electron chi connectivity index (χ3n) is 2.90. The number of imide groups is 1. The zero-order chi connectivity index (χ0) is 10.7. The molecule has 1 rings (SSSR count). The molecule has 2 atom stereocenters. The largest absolute Gasteiger partial charge is 0.330 e. The van der Waals surface area contributed by atoms with Gasteiger partial charge in [0.05, 0.1) is 0 Å². The molecule has 1 fully saturated rings. The highest BCUT2D eigenvalue weighted by atomic mass is 16.2. The third kappa shape index (κ3) is 1.95. The van der Waals surface area contributed by atoms with Crippen LogP contribution in [0.15, 0.2) is 0 Å². The lowest BCUT2D eigenvalue weighted by Crippen LogP contribution is -2.32. The summed E-state index contributed by atoms with van der Waals surface area (Å²) in [5.41, 5.74) is 5.35. The summed E-state index contributed by atoms with van der Waals surface area (Å²) in [4.78, 5) is 24.6. The zero-order valence-corrected chi connectivity index (χ0v) is 8.82. The van der Waals surface area contributed by atoms with Gasteiger partial charge in [-0.05, 0) is 19.4 Å². The number of carbonyl (C=O) groups is 2. The number of amides is 2. The fourth-order valence-corrected chi connectivity index (χ4v) is 1.66. The molecule has 0 saturated carbocycles. The minimum absolute atomic E-state index is 0.0282. The highest BCUT2D eigenvalue weighted by Gasteiger charge is 2.41. The van der Waals surface area contributed by atoms with Crippen molar-refractivity contribution in [2.24, 2.45) is 17.6 Å². The van der Waals surface area contributed by atoms with Gasteiger partial charge in [0.2, 0.25) is 11.8 Å². The zero-order valence-electron chi connectivity index (χ0n) is 8.82. The summed E-state index contributed by atoms with van der Waals surface area (Å²) in [7, 11) is 0. The molecule has 2 amide bonds. The second-order valence-corrected chi connectivity index (χ2v) is 3.90. The Kier molecular flexibility index (Phi) is 3.63. The smallest absolute Gasteiger partial charge is 0.232 e. The number of nitrogens with zero attached hydrogens (tertiary/aromatic N) is 1. The fourth-order valence-electron chi connectivity index (χ4n) is 1.66. The number of unbranched alkanes of at least 4 members (excludes halogenated alkanes) is 1. The predicted molar refractivity (Wildman–Crippen MR) is 53.3 cm³/mol. The van der Waals surface area contributed by atoms with Crippen LogP contribution in [0, 0.1) is 11.8 Å². The van der Waals surface area contributed by atoms with E-state index in [-0.39, 0.29) is 23.7 Å². The molecule has 1 heterocycles. The van der Waals surface area contributed by atoms with Crippen LogP contribution in [0.4, 0.5) is 0 Å². The number of carbonyl (C=O) groups excluding carboxylic acids is 2. The molecule has 4 nitrogen and oxygen atoms in total. The second kappa shape index (κ2) is 4.55. The molecule has 0 radical (unpaired) electrons. The standard InChI is InChI=1S/C10H18N2O2/c1-7-8(2)10(14)12(9(7)13)6-4-3-5-11/h7-8H,3-6,11H2,1-2H3. The van der Waals surface area contributed by atoms with Gasteiger partial charge in [-0.15, -0.1) is 0 Å². The van der Waals surface area contributed by atoms with Gasteiger partial charge in [-0.2, -0.15) is 0 Å². The molecule has 0 spiro atoms. The highest BCUT2D eigenvalue weighted by Crippen LogP contribution is 2.25. The van der Waals surface area contributed by atoms with Crippen LogP contribution in [0.25, 0.3) is 0 Å². The third-order valence-corrected chi connectivity index (χ3v) is 2.90. The molecule has 0 aromatic carbocycles. The van der Waals surface area contributed by atoms with E-state index in [1.54, 1.807) is 0 Å². The minimum Gasteiger partial charge on any atom is -0.330 e. The molecular formula is C10H18N2O2. The summed E-state index contributed by atoms with van der Waals surface area (Å²) in [6.45, 7) is 4.77. The lowest BCUT2D eigenvalue weighted by atomic mass is 10.00. The van der Waals surface area contributed by atoms with Crippen molar-refractivity contribution >= 4 is 11.8 Å². The van der Waals surface area contributed by atoms with E-state index in [1.165, 1.54) is 4.90 Å². The van der Waals surface area contributed by atoms with Crippen LogP contribution in [0.1, 0.15) is 26.7 Å². The lowest BCUT2D eigenvalue weighted by Gasteiger charge is -2.13. The van der Waals surface area contributed by atoms with Gasteiger partial charge in [-0.3, -0.25) is 14.5 Å². The molecule has 4 heteroatoms. The van der Waals surface area contributed by atoms with Crippen molar-refractivity contribution in [1.29, 1.82) is 0 Å². The van der Waals surface area contributed by atoms with Crippen LogP contribution >= 0.6 is 0 Å². The van der Waals surface area contributed by atoms with E-state index in [4.69, 9.17) is 5.73 Å². The second-order valence-electron chi connectivity index (χ2n) is 3.90. The summed E-state index contributed by atoms with van der Waals surface area (Å²) >= 11 is 0. The first-order valence-electron chi connectivity index (χ1n) is 5.15. The molecule has 2 unspecified atom stereocenters. The van der Waals surface area contributed by atoms with Crippen molar-refractivity contribution in [3.63, 3.8) is 0 Å². The molecule has 1 saturated heterocycles. The minimum atomic E-state index is -0.152. The van der Waals surface area contributed by atoms with Crippen molar-refractivity contribution in [3.05, 3.63) is 0 Å². The molecule has 14 heavy (non-hydrogen) atoms. The van der Waals surface area contributed by atoms with Gasteiger partial charge in [0.25, 0.3) is 0 Å². The Balaban J connectivity index is 2.52. The summed E-state index contributed by atoms with van der Waals surface area (Å²) in [6, 6.07) is 0. The van der Waals surface area contributed by atoms with Crippen LogP contribution < -0.4 is 5.73 Å². The van der Waals surface area contributed by atoms with Gasteiger partial charge in [-0.25, -0.2) is 0 Å². The van der Waals surface area contributed by atoms with Crippen LogP contribution in [0.3, 0.4) is 0 Å². The van der Waals surface area contributed by atoms with Gasteiger partial charge in [0, 0.05) is 18.4 Å². The molecule has 0 aliphatic carbocycles. The van der Waals surface area contributed by atoms with Crippen molar-refractivity contribution in [3.8, 4) is 0 Å². The summed E-state index contributed by atoms with van der Waals surface area (Å²) < 4.78 is 0. The van der Waals surface area contributed by atoms with E-state index in [9.17, 15) is 9.59 Å². The van der Waals surface area contributed by atoms with Crippen molar-refractivity contribution in [1.82, 2.24) is 4.90 Å². The first kappa shape index (κ1) is 11.2. The Morgan fingerprint density at radius 1 is 1.14 bits per heavy atom. The van der Waals surface area contributed by atoms with Crippen LogP contribution in [-0.4, -0.2) is 29.8 Å². The molecule has 1 aliphatic rings. The number of hydrogen-bond donors (Lipinski definition) is 1. The van der Waals surface area contributed by atoms with E-state index >= 15 is 0 Å². The van der Waals surface area contributed by atoms with Crippen molar-refractivity contribution in [2.75, 3.05) is 13.1 Å². The predicted octanol–water partition coefficient (Wildman–Crippen LogP) is 0.366. The topological polar surface area (TPSA) is 63.4 Å². The molecule has 80 valence electrons. The monoisotopic (exact) mass is 198 g/mol. The molecular weight excluding hydrogens is 180 g/mol. The highest BCUT2D eigenvalue weighted by molar-refractivity contribution is 6.04. The maximum atomic E-state index is 11.6. The van der Waals surface area contributed by atoms with Gasteiger partial charge in [0.1, 0.15) is 0 Å². The summed E-state index contributed by atoms with van der Waals surface area (Å²) in [5, 5.41) is 0. The Morgan fingerprint density at radius 2 is 1.64 bits per heavy atom. The average molecular weight is 198 g/mol. The fraction of sp³-hybridized carbons (Fsp3) is 0.800. The van der Waals surface area contributed by atoms with Gasteiger partial charge in [-0.1, -0.05) is 13.8 Å². The first-order chi connectivity index (χ1) is 6.59. The van der Waals surface area contributed by atoms with Crippen molar-refractivity contribution in [2.45, 2.75) is 26.7 Å². The Bertz CT molecular complexity index is 220. The molecule has 2 N–H and O–H groups in total. The van der Waals surface area contributed by atoms with Gasteiger partial charge in [0.15, 0.2) is 0 Å². The SMILES string of the molecule is CC1C(=O)N(CCCCN)C(=O)C1C. The quantitative estimate of drug-likeness (QED) is 0.524. The van der Waals surface area contributed by atoms with E-state index in [1.807, 2.05) is 13.8 Å².